The van der Waals surface area contributed by atoms with E-state index in [1.165, 1.54) is 11.8 Å². The third kappa shape index (κ3) is 3.55. The van der Waals surface area contributed by atoms with Gasteiger partial charge in [-0.05, 0) is 6.42 Å². The minimum Gasteiger partial charge on any atom is -0.391 e. The van der Waals surface area contributed by atoms with Gasteiger partial charge in [-0.25, -0.2) is 9.89 Å². The second-order valence-corrected chi connectivity index (χ2v) is 4.38. The number of hydrogen-bond acceptors (Lipinski definition) is 4. The number of nitrogens with zero attached hydrogens (tertiary/aromatic N) is 2. The summed E-state index contributed by atoms with van der Waals surface area (Å²) in [5.41, 5.74) is -0.209. The zero-order valence-corrected chi connectivity index (χ0v) is 10.0. The Balaban J connectivity index is 2.64. The van der Waals surface area contributed by atoms with E-state index >= 15 is 0 Å². The van der Waals surface area contributed by atoms with Crippen molar-refractivity contribution >= 4 is 23.4 Å². The van der Waals surface area contributed by atoms with Crippen LogP contribution in [0.15, 0.2) is 9.95 Å². The number of alkyl halides is 1. The number of aromatic amines is 1. The molecule has 1 aromatic heterocycles. The first kappa shape index (κ1) is 12.6. The van der Waals surface area contributed by atoms with E-state index in [0.29, 0.717) is 17.5 Å². The number of hydrogen-bond donors (Lipinski definition) is 2. The van der Waals surface area contributed by atoms with Crippen molar-refractivity contribution in [2.45, 2.75) is 31.1 Å². The molecule has 86 valence electrons. The zero-order valence-electron chi connectivity index (χ0n) is 8.44. The molecule has 1 heterocycles. The van der Waals surface area contributed by atoms with E-state index in [9.17, 15) is 9.90 Å². The lowest BCUT2D eigenvalue weighted by Gasteiger charge is -2.06. The number of aromatic nitrogens is 3. The van der Waals surface area contributed by atoms with Crippen LogP contribution in [0.3, 0.4) is 0 Å². The van der Waals surface area contributed by atoms with Crippen molar-refractivity contribution in [1.82, 2.24) is 14.8 Å². The van der Waals surface area contributed by atoms with Crippen LogP contribution in [0.2, 0.25) is 0 Å². The summed E-state index contributed by atoms with van der Waals surface area (Å²) in [7, 11) is 0. The summed E-state index contributed by atoms with van der Waals surface area (Å²) in [5, 5.41) is 16.1. The van der Waals surface area contributed by atoms with Gasteiger partial charge in [0.2, 0.25) is 0 Å². The number of aliphatic hydroxyl groups is 1. The predicted molar refractivity (Wildman–Crippen MR) is 60.6 cm³/mol. The molecular formula is C8H14ClN3O2S. The first-order valence-electron chi connectivity index (χ1n) is 4.71. The fourth-order valence-electron chi connectivity index (χ4n) is 1.05. The Morgan fingerprint density at radius 1 is 1.73 bits per heavy atom. The van der Waals surface area contributed by atoms with Crippen molar-refractivity contribution in [3.05, 3.63) is 10.5 Å². The van der Waals surface area contributed by atoms with E-state index in [4.69, 9.17) is 11.6 Å². The Hall–Kier alpha value is -0.460. The summed E-state index contributed by atoms with van der Waals surface area (Å²) >= 11 is 6.79. The smallest absolute Gasteiger partial charge is 0.343 e. The van der Waals surface area contributed by atoms with Gasteiger partial charge in [0.1, 0.15) is 0 Å². The van der Waals surface area contributed by atoms with Crippen LogP contribution in [0.5, 0.6) is 0 Å². The lowest BCUT2D eigenvalue weighted by molar-refractivity contribution is 0.223. The van der Waals surface area contributed by atoms with Crippen molar-refractivity contribution < 1.29 is 5.11 Å². The summed E-state index contributed by atoms with van der Waals surface area (Å²) in [4.78, 5) is 11.3. The molecule has 5 nitrogen and oxygen atoms in total. The van der Waals surface area contributed by atoms with Crippen LogP contribution in [0.25, 0.3) is 0 Å². The van der Waals surface area contributed by atoms with Crippen LogP contribution in [0.4, 0.5) is 0 Å². The van der Waals surface area contributed by atoms with Crippen molar-refractivity contribution in [2.24, 2.45) is 0 Å². The SMILES string of the molecule is CCCn1c(SCC(O)CCl)n[nH]c1=O. The fourth-order valence-corrected chi connectivity index (χ4v) is 2.19. The molecule has 0 aliphatic carbocycles. The summed E-state index contributed by atoms with van der Waals surface area (Å²) in [6.45, 7) is 2.62. The van der Waals surface area contributed by atoms with Gasteiger partial charge in [0.25, 0.3) is 0 Å². The van der Waals surface area contributed by atoms with E-state index in [1.54, 1.807) is 4.57 Å². The average Bonchev–Trinajstić information content (AvgIpc) is 2.58. The van der Waals surface area contributed by atoms with E-state index in [2.05, 4.69) is 10.2 Å². The Labute approximate surface area is 96.8 Å². The quantitative estimate of drug-likeness (QED) is 0.576. The molecule has 0 saturated heterocycles. The Morgan fingerprint density at radius 3 is 3.07 bits per heavy atom. The first-order chi connectivity index (χ1) is 7.19. The van der Waals surface area contributed by atoms with E-state index in [0.717, 1.165) is 6.42 Å². The second kappa shape index (κ2) is 6.19. The van der Waals surface area contributed by atoms with Crippen molar-refractivity contribution in [3.63, 3.8) is 0 Å². The van der Waals surface area contributed by atoms with Crippen LogP contribution < -0.4 is 5.69 Å². The molecule has 1 unspecified atom stereocenters. The number of aliphatic hydroxyl groups excluding tert-OH is 1. The summed E-state index contributed by atoms with van der Waals surface area (Å²) in [6.07, 6.45) is 0.295. The number of rotatable bonds is 6. The topological polar surface area (TPSA) is 70.9 Å². The van der Waals surface area contributed by atoms with Crippen molar-refractivity contribution in [3.8, 4) is 0 Å². The minimum absolute atomic E-state index is 0.190. The highest BCUT2D eigenvalue weighted by Gasteiger charge is 2.10. The minimum atomic E-state index is -0.571. The van der Waals surface area contributed by atoms with Gasteiger partial charge in [-0.1, -0.05) is 18.7 Å². The molecule has 15 heavy (non-hydrogen) atoms. The lowest BCUT2D eigenvalue weighted by Crippen LogP contribution is -2.18. The van der Waals surface area contributed by atoms with Gasteiger partial charge in [-0.2, -0.15) is 0 Å². The highest BCUT2D eigenvalue weighted by atomic mass is 35.5. The molecule has 0 spiro atoms. The Morgan fingerprint density at radius 2 is 2.47 bits per heavy atom. The third-order valence-electron chi connectivity index (χ3n) is 1.75. The molecule has 0 radical (unpaired) electrons. The molecule has 0 saturated carbocycles. The summed E-state index contributed by atoms with van der Waals surface area (Å²) < 4.78 is 1.56. The molecule has 0 amide bonds. The zero-order chi connectivity index (χ0) is 11.3. The Kier molecular flexibility index (Phi) is 5.21. The van der Waals surface area contributed by atoms with Gasteiger partial charge in [-0.3, -0.25) is 4.57 Å². The van der Waals surface area contributed by atoms with Crippen LogP contribution in [0, 0.1) is 0 Å². The highest BCUT2D eigenvalue weighted by Crippen LogP contribution is 2.14. The number of thioether (sulfide) groups is 1. The monoisotopic (exact) mass is 251 g/mol. The van der Waals surface area contributed by atoms with Gasteiger partial charge in [0, 0.05) is 18.2 Å². The van der Waals surface area contributed by atoms with Gasteiger partial charge < -0.3 is 5.11 Å². The van der Waals surface area contributed by atoms with Crippen LogP contribution in [0.1, 0.15) is 13.3 Å². The molecule has 0 bridgehead atoms. The number of nitrogens with one attached hydrogen (secondary N) is 1. The largest absolute Gasteiger partial charge is 0.391 e. The highest BCUT2D eigenvalue weighted by molar-refractivity contribution is 7.99. The van der Waals surface area contributed by atoms with Gasteiger partial charge in [0.05, 0.1) is 6.10 Å². The van der Waals surface area contributed by atoms with E-state index < -0.39 is 6.10 Å². The molecule has 1 atom stereocenters. The molecular weight excluding hydrogens is 238 g/mol. The molecule has 1 aromatic rings. The van der Waals surface area contributed by atoms with Crippen LogP contribution >= 0.6 is 23.4 Å². The second-order valence-electron chi connectivity index (χ2n) is 3.08. The van der Waals surface area contributed by atoms with Crippen LogP contribution in [-0.2, 0) is 6.54 Å². The van der Waals surface area contributed by atoms with Crippen LogP contribution in [-0.4, -0.2) is 37.6 Å². The van der Waals surface area contributed by atoms with Gasteiger partial charge in [0.15, 0.2) is 5.16 Å². The third-order valence-corrected chi connectivity index (χ3v) is 3.23. The maximum atomic E-state index is 11.3. The first-order valence-corrected chi connectivity index (χ1v) is 6.23. The lowest BCUT2D eigenvalue weighted by atomic mass is 10.5. The predicted octanol–water partition coefficient (Wildman–Crippen LogP) is 0.673. The summed E-state index contributed by atoms with van der Waals surface area (Å²) in [6, 6.07) is 0. The van der Waals surface area contributed by atoms with E-state index in [1.807, 2.05) is 6.92 Å². The van der Waals surface area contributed by atoms with Gasteiger partial charge in [-0.15, -0.1) is 16.7 Å². The average molecular weight is 252 g/mol. The maximum absolute atomic E-state index is 11.3. The molecule has 2 N–H and O–H groups in total. The molecule has 0 aliphatic heterocycles. The fraction of sp³-hybridized carbons (Fsp3) is 0.750. The van der Waals surface area contributed by atoms with Crippen molar-refractivity contribution in [2.75, 3.05) is 11.6 Å². The maximum Gasteiger partial charge on any atom is 0.343 e. The van der Waals surface area contributed by atoms with Crippen molar-refractivity contribution in [1.29, 1.82) is 0 Å². The summed E-state index contributed by atoms with van der Waals surface area (Å²) in [5.74, 6) is 0.632. The molecule has 0 aromatic carbocycles. The molecule has 0 fully saturated rings. The molecule has 7 heteroatoms. The standard InChI is InChI=1S/C8H14ClN3O2S/c1-2-3-12-7(14)10-11-8(12)15-5-6(13)4-9/h6,13H,2-5H2,1H3,(H,10,14). The van der Waals surface area contributed by atoms with E-state index in [-0.39, 0.29) is 11.6 Å². The normalized spacial score (nSPS) is 13.0. The number of H-pyrrole nitrogens is 1. The Bertz CT molecular complexity index is 352. The molecule has 1 rings (SSSR count). The molecule has 0 aliphatic rings. The van der Waals surface area contributed by atoms with Gasteiger partial charge >= 0.3 is 5.69 Å². The number of halogens is 1.